The van der Waals surface area contributed by atoms with E-state index in [0.29, 0.717) is 43.2 Å². The van der Waals surface area contributed by atoms with Gasteiger partial charge in [-0.2, -0.15) is 8.78 Å². The highest BCUT2D eigenvalue weighted by atomic mass is 19.3. The first-order valence-corrected chi connectivity index (χ1v) is 12.8. The minimum atomic E-state index is -4.58. The molecule has 0 bridgehead atoms. The van der Waals surface area contributed by atoms with Gasteiger partial charge in [0.1, 0.15) is 34.6 Å². The Kier molecular flexibility index (Phi) is 7.98. The molecule has 4 aromatic carbocycles. The van der Waals surface area contributed by atoms with Crippen LogP contribution in [0.4, 0.5) is 39.5 Å². The fourth-order valence-electron chi connectivity index (χ4n) is 4.83. The molecule has 1 saturated heterocycles. The summed E-state index contributed by atoms with van der Waals surface area (Å²) >= 11 is 0. The van der Waals surface area contributed by atoms with Crippen LogP contribution in [0.2, 0.25) is 0 Å². The van der Waals surface area contributed by atoms with Gasteiger partial charge in [0.15, 0.2) is 17.5 Å². The summed E-state index contributed by atoms with van der Waals surface area (Å²) in [6.45, 7) is 2.38. The average molecular weight is 596 g/mol. The Bertz CT molecular complexity index is 1560. The van der Waals surface area contributed by atoms with Gasteiger partial charge in [-0.3, -0.25) is 0 Å². The Morgan fingerprint density at radius 3 is 1.74 bits per heavy atom. The van der Waals surface area contributed by atoms with Crippen molar-refractivity contribution in [3.63, 3.8) is 0 Å². The van der Waals surface area contributed by atoms with Crippen molar-refractivity contribution in [3.05, 3.63) is 113 Å². The number of benzene rings is 4. The molecule has 0 N–H and O–H groups in total. The van der Waals surface area contributed by atoms with E-state index in [2.05, 4.69) is 4.74 Å². The maximum atomic E-state index is 15.0. The van der Waals surface area contributed by atoms with E-state index < -0.39 is 75.4 Å². The maximum Gasteiger partial charge on any atom is 0.432 e. The van der Waals surface area contributed by atoms with Crippen LogP contribution in [0.3, 0.4) is 0 Å². The predicted octanol–water partition coefficient (Wildman–Crippen LogP) is 9.61. The Hall–Kier alpha value is -3.99. The van der Waals surface area contributed by atoms with E-state index in [9.17, 15) is 39.5 Å². The van der Waals surface area contributed by atoms with Gasteiger partial charge < -0.3 is 9.47 Å². The molecule has 0 aromatic heterocycles. The predicted molar refractivity (Wildman–Crippen MR) is 135 cm³/mol. The first-order valence-electron chi connectivity index (χ1n) is 12.8. The smallest absolute Gasteiger partial charge is 0.429 e. The van der Waals surface area contributed by atoms with Crippen LogP contribution >= 0.6 is 0 Å². The highest BCUT2D eigenvalue weighted by molar-refractivity contribution is 5.67. The van der Waals surface area contributed by atoms with E-state index in [1.165, 1.54) is 0 Å². The molecule has 1 unspecified atom stereocenters. The summed E-state index contributed by atoms with van der Waals surface area (Å²) in [4.78, 5) is 0. The van der Waals surface area contributed by atoms with E-state index in [4.69, 9.17) is 4.74 Å². The Morgan fingerprint density at radius 1 is 0.667 bits per heavy atom. The monoisotopic (exact) mass is 596 g/mol. The molecule has 2 atom stereocenters. The molecule has 0 aliphatic carbocycles. The van der Waals surface area contributed by atoms with Gasteiger partial charge in [-0.25, -0.2) is 30.7 Å². The second-order valence-corrected chi connectivity index (χ2v) is 10.1. The molecule has 0 spiro atoms. The molecule has 0 saturated carbocycles. The summed E-state index contributed by atoms with van der Waals surface area (Å²) in [6.07, 6.45) is -3.84. The molecule has 220 valence electrons. The van der Waals surface area contributed by atoms with Gasteiger partial charge in [0.05, 0.1) is 11.7 Å². The van der Waals surface area contributed by atoms with E-state index in [0.717, 1.165) is 42.8 Å². The number of hydrogen-bond acceptors (Lipinski definition) is 2. The second-order valence-electron chi connectivity index (χ2n) is 10.1. The third kappa shape index (κ3) is 5.83. The lowest BCUT2D eigenvalue weighted by Crippen LogP contribution is -2.25. The first-order chi connectivity index (χ1) is 19.8. The van der Waals surface area contributed by atoms with Crippen molar-refractivity contribution in [2.24, 2.45) is 5.92 Å². The highest BCUT2D eigenvalue weighted by Gasteiger charge is 2.41. The van der Waals surface area contributed by atoms with Gasteiger partial charge in [0, 0.05) is 6.61 Å². The molecule has 11 heteroatoms. The summed E-state index contributed by atoms with van der Waals surface area (Å²) < 4.78 is 140. The molecule has 1 aliphatic rings. The van der Waals surface area contributed by atoms with Crippen LogP contribution < -0.4 is 4.74 Å². The summed E-state index contributed by atoms with van der Waals surface area (Å²) in [7, 11) is 0. The van der Waals surface area contributed by atoms with Crippen LogP contribution in [0.25, 0.3) is 22.3 Å². The molecule has 4 aromatic rings. The van der Waals surface area contributed by atoms with Gasteiger partial charge in [0.25, 0.3) is 0 Å². The fourth-order valence-corrected chi connectivity index (χ4v) is 4.83. The van der Waals surface area contributed by atoms with Crippen LogP contribution in [0.15, 0.2) is 60.7 Å². The zero-order valence-electron chi connectivity index (χ0n) is 21.8. The van der Waals surface area contributed by atoms with Crippen molar-refractivity contribution in [2.75, 3.05) is 6.61 Å². The molecule has 5 rings (SSSR count). The van der Waals surface area contributed by atoms with Gasteiger partial charge in [0.2, 0.25) is 0 Å². The maximum absolute atomic E-state index is 15.0. The molecule has 0 amide bonds. The van der Waals surface area contributed by atoms with E-state index >= 15 is 0 Å². The Labute approximate surface area is 234 Å². The van der Waals surface area contributed by atoms with E-state index in [-0.39, 0.29) is 16.7 Å². The van der Waals surface area contributed by atoms with Gasteiger partial charge in [-0.15, -0.1) is 0 Å². The largest absolute Gasteiger partial charge is 0.432 e. The van der Waals surface area contributed by atoms with Gasteiger partial charge >= 0.3 is 6.11 Å². The minimum absolute atomic E-state index is 0.102. The van der Waals surface area contributed by atoms with Crippen molar-refractivity contribution in [1.82, 2.24) is 0 Å². The first kappa shape index (κ1) is 29.5. The molecular weight excluding hydrogens is 575 g/mol. The zero-order valence-corrected chi connectivity index (χ0v) is 21.8. The minimum Gasteiger partial charge on any atom is -0.429 e. The molecule has 2 nitrogen and oxygen atoms in total. The Balaban J connectivity index is 1.39. The summed E-state index contributed by atoms with van der Waals surface area (Å²) in [5.41, 5.74) is -3.05. The van der Waals surface area contributed by atoms with Crippen molar-refractivity contribution >= 4 is 0 Å². The van der Waals surface area contributed by atoms with Crippen molar-refractivity contribution < 1.29 is 49.0 Å². The SMILES string of the molecule is CC1CC[C@@H](c2cc(F)c(-c3cc(F)c(C(F)(F)Oc4ccc(-c5cc(F)c(F)c(F)c5)cc4)c(F)c3)c(F)c2)OC1. The van der Waals surface area contributed by atoms with E-state index in [1.54, 1.807) is 0 Å². The number of alkyl halides is 2. The lowest BCUT2D eigenvalue weighted by Gasteiger charge is -2.27. The van der Waals surface area contributed by atoms with Crippen molar-refractivity contribution in [3.8, 4) is 28.0 Å². The third-order valence-corrected chi connectivity index (χ3v) is 6.98. The van der Waals surface area contributed by atoms with Crippen molar-refractivity contribution in [2.45, 2.75) is 32.0 Å². The second kappa shape index (κ2) is 11.4. The number of ether oxygens (including phenoxy) is 2. The molecule has 1 fully saturated rings. The summed E-state index contributed by atoms with van der Waals surface area (Å²) in [5.74, 6) is -10.8. The quantitative estimate of drug-likeness (QED) is 0.163. The number of rotatable bonds is 6. The molecule has 42 heavy (non-hydrogen) atoms. The molecular formula is C31H21F9O2. The third-order valence-electron chi connectivity index (χ3n) is 6.98. The van der Waals surface area contributed by atoms with Crippen LogP contribution in [0.5, 0.6) is 5.75 Å². The topological polar surface area (TPSA) is 18.5 Å². The standard InChI is InChI=1S/C31H21F9O2/c1-15-2-7-27(41-14-15)18-10-21(32)28(22(33)11-18)19-12-23(34)29(24(35)13-19)31(39,40)42-20-5-3-16(4-6-20)17-8-25(36)30(38)26(37)9-17/h3-6,8-13,15,27H,2,7,14H2,1H3/t15?,27-/m0/s1. The highest BCUT2D eigenvalue weighted by Crippen LogP contribution is 2.40. The van der Waals surface area contributed by atoms with Crippen molar-refractivity contribution in [1.29, 1.82) is 0 Å². The molecule has 0 radical (unpaired) electrons. The average Bonchev–Trinajstić information content (AvgIpc) is 2.91. The van der Waals surface area contributed by atoms with Crippen LogP contribution in [-0.2, 0) is 10.8 Å². The lowest BCUT2D eigenvalue weighted by atomic mass is 9.93. The van der Waals surface area contributed by atoms with E-state index in [1.807, 2.05) is 6.92 Å². The van der Waals surface area contributed by atoms with Gasteiger partial charge in [-0.1, -0.05) is 19.1 Å². The van der Waals surface area contributed by atoms with Crippen LogP contribution in [-0.4, -0.2) is 6.61 Å². The summed E-state index contributed by atoms with van der Waals surface area (Å²) in [5, 5.41) is 0. The lowest BCUT2D eigenvalue weighted by molar-refractivity contribution is -0.189. The summed E-state index contributed by atoms with van der Waals surface area (Å²) in [6, 6.07) is 8.20. The van der Waals surface area contributed by atoms with Gasteiger partial charge in [-0.05, 0) is 89.5 Å². The van der Waals surface area contributed by atoms with Crippen LogP contribution in [0.1, 0.15) is 37.0 Å². The normalized spacial score (nSPS) is 17.4. The number of halogens is 9. The number of hydrogen-bond donors (Lipinski definition) is 0. The molecule has 1 aliphatic heterocycles. The zero-order chi connectivity index (χ0) is 30.3. The fraction of sp³-hybridized carbons (Fsp3) is 0.226. The van der Waals surface area contributed by atoms with Crippen LogP contribution in [0, 0.1) is 46.6 Å². The molecule has 1 heterocycles. The Morgan fingerprint density at radius 2 is 1.21 bits per heavy atom.